The fraction of sp³-hybridized carbons (Fsp3) is 0. The molecule has 3 N–H and O–H groups in total. The van der Waals surface area contributed by atoms with Crippen molar-refractivity contribution in [2.45, 2.75) is 0 Å². The van der Waals surface area contributed by atoms with E-state index in [-0.39, 0.29) is 19.5 Å². The van der Waals surface area contributed by atoms with Gasteiger partial charge in [0.15, 0.2) is 0 Å². The van der Waals surface area contributed by atoms with Crippen LogP contribution in [0.1, 0.15) is 0 Å². The van der Waals surface area contributed by atoms with Crippen LogP contribution in [0.5, 0.6) is 0 Å². The van der Waals surface area contributed by atoms with Crippen molar-refractivity contribution in [3.63, 3.8) is 0 Å². The minimum absolute atomic E-state index is 0. The normalized spacial score (nSPS) is 36.7. The van der Waals surface area contributed by atoms with Crippen LogP contribution in [-0.4, -0.2) is 14.7 Å². The Morgan fingerprint density at radius 3 is 1.14 bits per heavy atom. The molecule has 1 aliphatic rings. The van der Waals surface area contributed by atoms with Crippen LogP contribution in [0, 0.1) is 0 Å². The Hall–Kier alpha value is 0.853. The maximum atomic E-state index is 7.89. The Morgan fingerprint density at radius 1 is 1.00 bits per heavy atom. The first kappa shape index (κ1) is 7.85. The first-order chi connectivity index (χ1) is 2.47. The van der Waals surface area contributed by atoms with E-state index in [0.29, 0.717) is 0 Å². The topological polar surface area (TPSA) is 85.8 Å². The van der Waals surface area contributed by atoms with Crippen molar-refractivity contribution in [3.8, 4) is 0 Å². The molecular formula is H3O5PZn. The minimum Gasteiger partial charge on any atom is 0 e. The molecule has 0 radical (unpaired) electrons. The molecule has 0 aromatic rings. The minimum atomic E-state index is -4.80. The van der Waals surface area contributed by atoms with Crippen LogP contribution in [0.3, 0.4) is 0 Å². The van der Waals surface area contributed by atoms with Gasteiger partial charge < -0.3 is 0 Å². The van der Waals surface area contributed by atoms with Crippen molar-refractivity contribution in [1.29, 1.82) is 0 Å². The van der Waals surface area contributed by atoms with Crippen molar-refractivity contribution in [2.75, 3.05) is 0 Å². The Labute approximate surface area is 51.9 Å². The quantitative estimate of drug-likeness (QED) is 0.193. The molecule has 0 atom stereocenters. The molecule has 0 bridgehead atoms. The van der Waals surface area contributed by atoms with Crippen molar-refractivity contribution < 1.29 is 43.5 Å². The molecule has 1 rings (SSSR count). The van der Waals surface area contributed by atoms with Crippen LogP contribution in [0.25, 0.3) is 0 Å². The van der Waals surface area contributed by atoms with E-state index >= 15 is 0 Å². The van der Waals surface area contributed by atoms with Crippen LogP contribution in [-0.2, 0) is 28.8 Å². The Balaban J connectivity index is 0.000000360. The van der Waals surface area contributed by atoms with Crippen molar-refractivity contribution in [1.82, 2.24) is 0 Å². The molecule has 0 saturated carbocycles. The zero-order chi connectivity index (χ0) is 4.86. The first-order valence-corrected chi connectivity index (χ1v) is 3.06. The van der Waals surface area contributed by atoms with E-state index in [9.17, 15) is 0 Å². The molecule has 5 nitrogen and oxygen atoms in total. The first-order valence-electron chi connectivity index (χ1n) is 1.13. The zero-order valence-electron chi connectivity index (χ0n) is 3.31. The number of hydrogen-bond acceptors (Lipinski definition) is 5. The van der Waals surface area contributed by atoms with Gasteiger partial charge in [0.05, 0.1) is 0 Å². The smallest absolute Gasteiger partial charge is 0 e. The number of hydrogen-bond donors (Lipinski definition) is 3. The van der Waals surface area contributed by atoms with Crippen molar-refractivity contribution in [3.05, 3.63) is 0 Å². The van der Waals surface area contributed by atoms with Crippen molar-refractivity contribution >= 4 is 7.74 Å². The maximum Gasteiger partial charge on any atom is 0 e. The summed E-state index contributed by atoms with van der Waals surface area (Å²) >= 11 is 0. The maximum absolute atomic E-state index is 7.89. The monoisotopic (exact) mass is 178 g/mol. The summed E-state index contributed by atoms with van der Waals surface area (Å²) in [6, 6.07) is 0. The molecule has 0 aromatic heterocycles. The van der Waals surface area contributed by atoms with Gasteiger partial charge in [-0.15, -0.1) is 0 Å². The molecule has 0 aromatic carbocycles. The van der Waals surface area contributed by atoms with E-state index < -0.39 is 7.74 Å². The zero-order valence-corrected chi connectivity index (χ0v) is 7.17. The third-order valence-electron chi connectivity index (χ3n) is 0.275. The molecule has 1 heterocycles. The van der Waals surface area contributed by atoms with Crippen LogP contribution in [0.15, 0.2) is 0 Å². The van der Waals surface area contributed by atoms with Gasteiger partial charge in [0.1, 0.15) is 0 Å². The van der Waals surface area contributed by atoms with Gasteiger partial charge in [0.2, 0.25) is 0 Å². The van der Waals surface area contributed by atoms with E-state index in [2.05, 4.69) is 9.35 Å². The van der Waals surface area contributed by atoms with Crippen molar-refractivity contribution in [2.24, 2.45) is 0 Å². The van der Waals surface area contributed by atoms with E-state index in [1.54, 1.807) is 0 Å². The summed E-state index contributed by atoms with van der Waals surface area (Å²) < 4.78 is 6.76. The summed E-state index contributed by atoms with van der Waals surface area (Å²) in [6.45, 7) is 0. The van der Waals surface area contributed by atoms with Gasteiger partial charge in [-0.25, -0.2) is 0 Å². The third kappa shape index (κ3) is 2.62. The second kappa shape index (κ2) is 1.42. The summed E-state index contributed by atoms with van der Waals surface area (Å²) in [6.07, 6.45) is 0. The van der Waals surface area contributed by atoms with E-state index in [1.165, 1.54) is 0 Å². The molecule has 1 fully saturated rings. The predicted molar refractivity (Wildman–Crippen MR) is 15.7 cm³/mol. The van der Waals surface area contributed by atoms with Gasteiger partial charge in [-0.3, -0.25) is 0 Å². The van der Waals surface area contributed by atoms with Gasteiger partial charge in [0, 0.05) is 19.5 Å². The summed E-state index contributed by atoms with van der Waals surface area (Å²) in [5.41, 5.74) is 0. The third-order valence-corrected chi connectivity index (χ3v) is 0.824. The summed E-state index contributed by atoms with van der Waals surface area (Å²) in [4.78, 5) is 23.7. The molecular weight excluding hydrogens is 176 g/mol. The Morgan fingerprint density at radius 2 is 1.14 bits per heavy atom. The average molecular weight is 179 g/mol. The molecule has 0 amide bonds. The standard InChI is InChI=1S/H3O5P.Zn/c1-6(2,3)4-5-6;/h1-3H;. The second-order valence-corrected chi connectivity index (χ2v) is 2.95. The molecule has 0 spiro atoms. The molecule has 40 valence electrons. The summed E-state index contributed by atoms with van der Waals surface area (Å²) in [7, 11) is -4.80. The van der Waals surface area contributed by atoms with Gasteiger partial charge in [-0.2, -0.15) is 0 Å². The SMILES string of the molecule is OP1(O)(O)OO1.[Zn]. The summed E-state index contributed by atoms with van der Waals surface area (Å²) in [5.74, 6) is 0. The molecule has 7 heteroatoms. The van der Waals surface area contributed by atoms with Gasteiger partial charge in [-0.05, 0) is 0 Å². The Kier molecular flexibility index (Phi) is 1.59. The largest absolute Gasteiger partial charge is 0 e. The average Bonchev–Trinajstić information content (AvgIpc) is 1.73. The number of rotatable bonds is 0. The van der Waals surface area contributed by atoms with Crippen LogP contribution < -0.4 is 0 Å². The Bertz CT molecular complexity index is 71.8. The van der Waals surface area contributed by atoms with Crippen LogP contribution in [0.2, 0.25) is 0 Å². The predicted octanol–water partition coefficient (Wildman–Crippen LogP) is -0.949. The van der Waals surface area contributed by atoms with E-state index in [4.69, 9.17) is 14.7 Å². The van der Waals surface area contributed by atoms with Crippen LogP contribution in [0.4, 0.5) is 0 Å². The fourth-order valence-corrected chi connectivity index (χ4v) is 0.402. The summed E-state index contributed by atoms with van der Waals surface area (Å²) in [5, 5.41) is 0. The molecule has 0 aliphatic carbocycles. The molecule has 1 aliphatic heterocycles. The van der Waals surface area contributed by atoms with Gasteiger partial charge in [-0.1, -0.05) is 0 Å². The van der Waals surface area contributed by atoms with Crippen LogP contribution >= 0.6 is 7.74 Å². The van der Waals surface area contributed by atoms with E-state index in [1.807, 2.05) is 0 Å². The fourth-order valence-electron chi connectivity index (χ4n) is 0.0447. The molecule has 1 saturated heterocycles. The molecule has 7 heavy (non-hydrogen) atoms. The second-order valence-electron chi connectivity index (χ2n) is 0.982. The van der Waals surface area contributed by atoms with E-state index in [0.717, 1.165) is 0 Å². The van der Waals surface area contributed by atoms with Gasteiger partial charge >= 0.3 is 31.8 Å². The van der Waals surface area contributed by atoms with Gasteiger partial charge in [0.25, 0.3) is 0 Å². The molecule has 0 unspecified atom stereocenters.